The normalized spacial score (nSPS) is 24.7. The lowest BCUT2D eigenvalue weighted by Gasteiger charge is -2.23. The summed E-state index contributed by atoms with van der Waals surface area (Å²) in [5, 5.41) is 3.56. The number of carbonyl (C=O) groups is 1. The number of hydrazone groups is 1. The van der Waals surface area contributed by atoms with Crippen LogP contribution in [-0.2, 0) is 10.6 Å². The fraction of sp³-hybridized carbons (Fsp3) is 0.111. The Labute approximate surface area is 74.3 Å². The number of hydrogen-bond donors (Lipinski definition) is 1. The third-order valence-electron chi connectivity index (χ3n) is 1.95. The summed E-state index contributed by atoms with van der Waals surface area (Å²) in [6, 6.07) is 6.71. The van der Waals surface area contributed by atoms with E-state index in [1.54, 1.807) is 24.3 Å². The van der Waals surface area contributed by atoms with Gasteiger partial charge in [0.25, 0.3) is 5.79 Å². The molecule has 0 radical (unpaired) electrons. The summed E-state index contributed by atoms with van der Waals surface area (Å²) in [7, 11) is 0. The molecule has 1 atom stereocenters. The molecule has 0 bridgehead atoms. The first-order valence-electron chi connectivity index (χ1n) is 3.81. The average Bonchev–Trinajstić information content (AvgIpc) is 2.19. The van der Waals surface area contributed by atoms with Crippen LogP contribution < -0.4 is 5.43 Å². The van der Waals surface area contributed by atoms with Crippen molar-refractivity contribution >= 4 is 12.5 Å². The minimum atomic E-state index is -2.18. The Kier molecular flexibility index (Phi) is 1.62. The molecule has 0 saturated heterocycles. The Morgan fingerprint density at radius 3 is 3.00 bits per heavy atom. The second-order valence-corrected chi connectivity index (χ2v) is 2.79. The zero-order valence-corrected chi connectivity index (χ0v) is 6.70. The van der Waals surface area contributed by atoms with Gasteiger partial charge in [0, 0.05) is 11.1 Å². The predicted molar refractivity (Wildman–Crippen MR) is 46.0 cm³/mol. The van der Waals surface area contributed by atoms with E-state index < -0.39 is 5.79 Å². The van der Waals surface area contributed by atoms with Gasteiger partial charge in [0.15, 0.2) is 6.29 Å². The maximum atomic E-state index is 13.7. The lowest BCUT2D eigenvalue weighted by molar-refractivity contribution is -0.120. The largest absolute Gasteiger partial charge is 0.297 e. The van der Waals surface area contributed by atoms with Crippen molar-refractivity contribution in [2.24, 2.45) is 5.10 Å². The average molecular weight is 178 g/mol. The molecule has 1 N–H and O–H groups in total. The van der Waals surface area contributed by atoms with E-state index in [0.717, 1.165) is 0 Å². The molecule has 0 spiro atoms. The van der Waals surface area contributed by atoms with Crippen molar-refractivity contribution < 1.29 is 9.18 Å². The molecule has 1 heterocycles. The van der Waals surface area contributed by atoms with E-state index in [1.165, 1.54) is 6.21 Å². The van der Waals surface area contributed by atoms with Crippen LogP contribution in [0.1, 0.15) is 11.1 Å². The second kappa shape index (κ2) is 2.65. The molecule has 0 amide bonds. The number of rotatable bonds is 1. The van der Waals surface area contributed by atoms with Gasteiger partial charge in [-0.1, -0.05) is 24.3 Å². The molecule has 66 valence electrons. The van der Waals surface area contributed by atoms with Crippen molar-refractivity contribution in [3.05, 3.63) is 35.4 Å². The molecule has 3 nitrogen and oxygen atoms in total. The lowest BCUT2D eigenvalue weighted by Crippen LogP contribution is -2.39. The molecule has 0 aliphatic carbocycles. The van der Waals surface area contributed by atoms with Gasteiger partial charge in [-0.3, -0.25) is 10.2 Å². The van der Waals surface area contributed by atoms with Crippen LogP contribution >= 0.6 is 0 Å². The standard InChI is InChI=1S/C9H7FN2O/c10-9(6-13)8-4-2-1-3-7(8)5-11-12-9/h1-6,12H. The highest BCUT2D eigenvalue weighted by Gasteiger charge is 2.34. The first-order chi connectivity index (χ1) is 6.26. The minimum Gasteiger partial charge on any atom is -0.297 e. The van der Waals surface area contributed by atoms with Crippen LogP contribution in [0.25, 0.3) is 0 Å². The summed E-state index contributed by atoms with van der Waals surface area (Å²) in [5.74, 6) is -2.18. The van der Waals surface area contributed by atoms with Gasteiger partial charge in [0.05, 0.1) is 6.21 Å². The van der Waals surface area contributed by atoms with Gasteiger partial charge in [-0.25, -0.2) is 4.39 Å². The summed E-state index contributed by atoms with van der Waals surface area (Å²) in [6.45, 7) is 0. The first kappa shape index (κ1) is 7.91. The molecule has 1 aromatic carbocycles. The molecular formula is C9H7FN2O. The summed E-state index contributed by atoms with van der Waals surface area (Å²) < 4.78 is 13.7. The zero-order chi connectivity index (χ0) is 9.31. The van der Waals surface area contributed by atoms with Crippen LogP contribution in [0.3, 0.4) is 0 Å². The lowest BCUT2D eigenvalue weighted by atomic mass is 9.99. The smallest absolute Gasteiger partial charge is 0.277 e. The number of alkyl halides is 1. The van der Waals surface area contributed by atoms with Gasteiger partial charge in [0.1, 0.15) is 0 Å². The monoisotopic (exact) mass is 178 g/mol. The highest BCUT2D eigenvalue weighted by Crippen LogP contribution is 2.25. The second-order valence-electron chi connectivity index (χ2n) is 2.79. The Morgan fingerprint density at radius 2 is 2.23 bits per heavy atom. The highest BCUT2D eigenvalue weighted by atomic mass is 19.1. The minimum absolute atomic E-state index is 0.211. The maximum absolute atomic E-state index is 13.7. The van der Waals surface area contributed by atoms with Gasteiger partial charge in [-0.15, -0.1) is 0 Å². The predicted octanol–water partition coefficient (Wildman–Crippen LogP) is 0.945. The number of halogens is 1. The number of aldehydes is 1. The number of nitrogens with one attached hydrogen (secondary N) is 1. The maximum Gasteiger partial charge on any atom is 0.277 e. The fourth-order valence-electron chi connectivity index (χ4n) is 1.29. The topological polar surface area (TPSA) is 41.5 Å². The quantitative estimate of drug-likeness (QED) is 0.513. The number of nitrogens with zero attached hydrogens (tertiary/aromatic N) is 1. The number of hydrogen-bond acceptors (Lipinski definition) is 3. The van der Waals surface area contributed by atoms with Crippen LogP contribution in [-0.4, -0.2) is 12.5 Å². The van der Waals surface area contributed by atoms with Crippen LogP contribution in [0.2, 0.25) is 0 Å². The van der Waals surface area contributed by atoms with Gasteiger partial charge in [-0.05, 0) is 0 Å². The molecule has 0 aromatic heterocycles. The van der Waals surface area contributed by atoms with E-state index in [4.69, 9.17) is 0 Å². The molecule has 2 rings (SSSR count). The summed E-state index contributed by atoms with van der Waals surface area (Å²) in [6.07, 6.45) is 1.69. The molecule has 0 saturated carbocycles. The number of fused-ring (bicyclic) bond motifs is 1. The van der Waals surface area contributed by atoms with Crippen LogP contribution in [0.15, 0.2) is 29.4 Å². The van der Waals surface area contributed by atoms with Gasteiger partial charge in [-0.2, -0.15) is 5.10 Å². The molecule has 13 heavy (non-hydrogen) atoms. The molecule has 1 aliphatic rings. The number of benzene rings is 1. The Morgan fingerprint density at radius 1 is 1.46 bits per heavy atom. The van der Waals surface area contributed by atoms with Crippen LogP contribution in [0.5, 0.6) is 0 Å². The van der Waals surface area contributed by atoms with Crippen molar-refractivity contribution in [3.63, 3.8) is 0 Å². The van der Waals surface area contributed by atoms with E-state index in [1.807, 2.05) is 0 Å². The molecule has 1 aromatic rings. The van der Waals surface area contributed by atoms with Crippen molar-refractivity contribution in [2.45, 2.75) is 5.79 Å². The SMILES string of the molecule is O=CC1(F)NN=Cc2ccccc21. The third kappa shape index (κ3) is 1.11. The zero-order valence-electron chi connectivity index (χ0n) is 6.70. The van der Waals surface area contributed by atoms with E-state index >= 15 is 0 Å². The van der Waals surface area contributed by atoms with Gasteiger partial charge in [0.2, 0.25) is 0 Å². The number of carbonyl (C=O) groups excluding carboxylic acids is 1. The molecule has 1 unspecified atom stereocenters. The van der Waals surface area contributed by atoms with Crippen molar-refractivity contribution in [1.29, 1.82) is 0 Å². The summed E-state index contributed by atoms with van der Waals surface area (Å²) >= 11 is 0. The third-order valence-corrected chi connectivity index (χ3v) is 1.95. The van der Waals surface area contributed by atoms with Crippen LogP contribution in [0, 0.1) is 0 Å². The van der Waals surface area contributed by atoms with Crippen molar-refractivity contribution in [2.75, 3.05) is 0 Å². The van der Waals surface area contributed by atoms with Crippen LogP contribution in [0.4, 0.5) is 4.39 Å². The van der Waals surface area contributed by atoms with E-state index in [9.17, 15) is 9.18 Å². The van der Waals surface area contributed by atoms with E-state index in [-0.39, 0.29) is 6.29 Å². The molecule has 4 heteroatoms. The van der Waals surface area contributed by atoms with Gasteiger partial charge < -0.3 is 0 Å². The Balaban J connectivity index is 2.61. The summed E-state index contributed by atoms with van der Waals surface area (Å²) in [5.41, 5.74) is 3.06. The Bertz CT molecular complexity index is 378. The summed E-state index contributed by atoms with van der Waals surface area (Å²) in [4.78, 5) is 10.5. The first-order valence-corrected chi connectivity index (χ1v) is 3.81. The Hall–Kier alpha value is -1.71. The van der Waals surface area contributed by atoms with E-state index in [2.05, 4.69) is 10.5 Å². The van der Waals surface area contributed by atoms with Crippen molar-refractivity contribution in [3.8, 4) is 0 Å². The highest BCUT2D eigenvalue weighted by molar-refractivity contribution is 5.86. The molecular weight excluding hydrogens is 171 g/mol. The molecule has 0 fully saturated rings. The van der Waals surface area contributed by atoms with Gasteiger partial charge >= 0.3 is 0 Å². The van der Waals surface area contributed by atoms with Crippen molar-refractivity contribution in [1.82, 2.24) is 5.43 Å². The van der Waals surface area contributed by atoms with E-state index in [0.29, 0.717) is 11.1 Å². The molecule has 1 aliphatic heterocycles. The fourth-order valence-corrected chi connectivity index (χ4v) is 1.29.